The zero-order valence-corrected chi connectivity index (χ0v) is 11.4. The van der Waals surface area contributed by atoms with E-state index < -0.39 is 0 Å². The van der Waals surface area contributed by atoms with Gasteiger partial charge in [-0.3, -0.25) is 4.79 Å². The Kier molecular flexibility index (Phi) is 4.80. The van der Waals surface area contributed by atoms with Gasteiger partial charge >= 0.3 is 0 Å². The molecule has 4 heteroatoms. The third-order valence-electron chi connectivity index (χ3n) is 3.69. The smallest absolute Gasteiger partial charge is 0.224 e. The highest BCUT2D eigenvalue weighted by Gasteiger charge is 2.18. The number of hydrogen-bond donors (Lipinski definition) is 3. The average Bonchev–Trinajstić information content (AvgIpc) is 2.41. The Bertz CT molecular complexity index is 426. The molecular weight excluding hydrogens is 240 g/mol. The first kappa shape index (κ1) is 13.9. The number of hydrogen-bond acceptors (Lipinski definition) is 3. The Labute approximate surface area is 114 Å². The van der Waals surface area contributed by atoms with E-state index in [1.54, 1.807) is 18.2 Å². The lowest BCUT2D eigenvalue weighted by molar-refractivity contribution is -0.120. The summed E-state index contributed by atoms with van der Waals surface area (Å²) in [6.07, 6.45) is 2.56. The highest BCUT2D eigenvalue weighted by Crippen LogP contribution is 2.16. The summed E-state index contributed by atoms with van der Waals surface area (Å²) < 4.78 is 0. The van der Waals surface area contributed by atoms with Gasteiger partial charge in [-0.2, -0.15) is 0 Å². The van der Waals surface area contributed by atoms with Crippen molar-refractivity contribution in [2.75, 3.05) is 13.1 Å². The lowest BCUT2D eigenvalue weighted by atomic mass is 9.95. The normalized spacial score (nSPS) is 23.0. The number of phenolic OH excluding ortho intramolecular Hbond substituents is 1. The fourth-order valence-corrected chi connectivity index (χ4v) is 2.39. The molecule has 1 fully saturated rings. The first-order valence-electron chi connectivity index (χ1n) is 6.92. The highest BCUT2D eigenvalue weighted by molar-refractivity contribution is 5.79. The molecule has 1 aromatic rings. The Morgan fingerprint density at radius 1 is 1.42 bits per heavy atom. The molecule has 0 aliphatic carbocycles. The lowest BCUT2D eigenvalue weighted by Gasteiger charge is -2.27. The summed E-state index contributed by atoms with van der Waals surface area (Å²) in [6.45, 7) is 3.87. The van der Waals surface area contributed by atoms with Gasteiger partial charge in [0.05, 0.1) is 6.42 Å². The average molecular weight is 262 g/mol. The molecule has 104 valence electrons. The van der Waals surface area contributed by atoms with E-state index in [4.69, 9.17) is 0 Å². The van der Waals surface area contributed by atoms with Crippen LogP contribution in [-0.4, -0.2) is 30.1 Å². The van der Waals surface area contributed by atoms with E-state index in [1.807, 2.05) is 6.07 Å². The number of rotatable bonds is 4. The molecule has 0 aromatic heterocycles. The van der Waals surface area contributed by atoms with Crippen molar-refractivity contribution in [1.29, 1.82) is 0 Å². The van der Waals surface area contributed by atoms with Gasteiger partial charge in [0.25, 0.3) is 0 Å². The summed E-state index contributed by atoms with van der Waals surface area (Å²) in [5.74, 6) is 0.676. The van der Waals surface area contributed by atoms with E-state index >= 15 is 0 Å². The number of carbonyl (C=O) groups is 1. The predicted octanol–water partition coefficient (Wildman–Crippen LogP) is 1.44. The van der Waals surface area contributed by atoms with Crippen molar-refractivity contribution in [3.63, 3.8) is 0 Å². The number of carbonyl (C=O) groups excluding carboxylic acids is 1. The first-order chi connectivity index (χ1) is 9.15. The molecule has 1 aliphatic rings. The molecule has 1 amide bonds. The van der Waals surface area contributed by atoms with Gasteiger partial charge in [-0.15, -0.1) is 0 Å². The maximum atomic E-state index is 11.8. The van der Waals surface area contributed by atoms with Gasteiger partial charge in [0.15, 0.2) is 0 Å². The highest BCUT2D eigenvalue weighted by atomic mass is 16.3. The maximum absolute atomic E-state index is 11.8. The van der Waals surface area contributed by atoms with E-state index in [1.165, 1.54) is 6.42 Å². The molecule has 19 heavy (non-hydrogen) atoms. The molecule has 3 N–H and O–H groups in total. The van der Waals surface area contributed by atoms with E-state index in [2.05, 4.69) is 17.6 Å². The summed E-state index contributed by atoms with van der Waals surface area (Å²) in [5, 5.41) is 16.0. The molecule has 2 atom stereocenters. The molecule has 1 aromatic carbocycles. The zero-order valence-electron chi connectivity index (χ0n) is 11.4. The minimum absolute atomic E-state index is 0.0277. The lowest BCUT2D eigenvalue weighted by Crippen LogP contribution is -2.42. The van der Waals surface area contributed by atoms with Crippen LogP contribution in [0.1, 0.15) is 25.3 Å². The molecule has 0 saturated carbocycles. The van der Waals surface area contributed by atoms with Crippen molar-refractivity contribution < 1.29 is 9.90 Å². The fraction of sp³-hybridized carbons (Fsp3) is 0.533. The van der Waals surface area contributed by atoms with E-state index in [9.17, 15) is 9.90 Å². The van der Waals surface area contributed by atoms with Gasteiger partial charge in [0.2, 0.25) is 5.91 Å². The second kappa shape index (κ2) is 6.57. The Hall–Kier alpha value is -1.55. The molecule has 1 aliphatic heterocycles. The molecule has 1 saturated heterocycles. The summed E-state index contributed by atoms with van der Waals surface area (Å²) in [5.41, 5.74) is 0.676. The zero-order chi connectivity index (χ0) is 13.7. The summed E-state index contributed by atoms with van der Waals surface area (Å²) in [6, 6.07) is 7.56. The van der Waals surface area contributed by atoms with Crippen molar-refractivity contribution in [3.05, 3.63) is 29.8 Å². The van der Waals surface area contributed by atoms with Gasteiger partial charge in [0, 0.05) is 18.2 Å². The van der Waals surface area contributed by atoms with Crippen molar-refractivity contribution in [2.24, 2.45) is 5.92 Å². The van der Waals surface area contributed by atoms with Crippen molar-refractivity contribution in [3.8, 4) is 5.75 Å². The SMILES string of the molecule is CC1CCC(CNC(=O)Cc2ccccc2O)CN1. The van der Waals surface area contributed by atoms with E-state index in [0.717, 1.165) is 13.0 Å². The van der Waals surface area contributed by atoms with Gasteiger partial charge in [-0.05, 0) is 38.3 Å². The number of nitrogens with one attached hydrogen (secondary N) is 2. The predicted molar refractivity (Wildman–Crippen MR) is 75.0 cm³/mol. The molecule has 0 spiro atoms. The topological polar surface area (TPSA) is 61.4 Å². The van der Waals surface area contributed by atoms with Crippen LogP contribution in [0.15, 0.2) is 24.3 Å². The summed E-state index contributed by atoms with van der Waals surface area (Å²) >= 11 is 0. The second-order valence-electron chi connectivity index (χ2n) is 5.36. The molecule has 0 bridgehead atoms. The van der Waals surface area contributed by atoms with Crippen LogP contribution in [0.25, 0.3) is 0 Å². The van der Waals surface area contributed by atoms with E-state index in [-0.39, 0.29) is 18.1 Å². The van der Waals surface area contributed by atoms with Crippen LogP contribution in [0, 0.1) is 5.92 Å². The third-order valence-corrected chi connectivity index (χ3v) is 3.69. The number of amides is 1. The van der Waals surface area contributed by atoms with Gasteiger partial charge in [-0.25, -0.2) is 0 Å². The van der Waals surface area contributed by atoms with Crippen molar-refractivity contribution in [1.82, 2.24) is 10.6 Å². The Balaban J connectivity index is 1.74. The second-order valence-corrected chi connectivity index (χ2v) is 5.36. The van der Waals surface area contributed by atoms with Gasteiger partial charge in [-0.1, -0.05) is 18.2 Å². The number of benzene rings is 1. The van der Waals surface area contributed by atoms with Gasteiger partial charge < -0.3 is 15.7 Å². The van der Waals surface area contributed by atoms with Crippen LogP contribution in [0.4, 0.5) is 0 Å². The maximum Gasteiger partial charge on any atom is 0.224 e. The van der Waals surface area contributed by atoms with Crippen LogP contribution >= 0.6 is 0 Å². The van der Waals surface area contributed by atoms with Crippen molar-refractivity contribution in [2.45, 2.75) is 32.2 Å². The number of para-hydroxylation sites is 1. The van der Waals surface area contributed by atoms with Crippen LogP contribution < -0.4 is 10.6 Å². The number of phenols is 1. The molecule has 4 nitrogen and oxygen atoms in total. The minimum Gasteiger partial charge on any atom is -0.508 e. The summed E-state index contributed by atoms with van der Waals surface area (Å²) in [7, 11) is 0. The van der Waals surface area contributed by atoms with Crippen LogP contribution in [0.5, 0.6) is 5.75 Å². The molecular formula is C15H22N2O2. The Morgan fingerprint density at radius 3 is 2.89 bits per heavy atom. The van der Waals surface area contributed by atoms with Crippen LogP contribution in [-0.2, 0) is 11.2 Å². The largest absolute Gasteiger partial charge is 0.508 e. The molecule has 2 unspecified atom stereocenters. The molecule has 2 rings (SSSR count). The molecule has 0 radical (unpaired) electrons. The number of aromatic hydroxyl groups is 1. The Morgan fingerprint density at radius 2 is 2.21 bits per heavy atom. The first-order valence-corrected chi connectivity index (χ1v) is 6.92. The number of piperidine rings is 1. The fourth-order valence-electron chi connectivity index (χ4n) is 2.39. The summed E-state index contributed by atoms with van der Waals surface area (Å²) in [4.78, 5) is 11.8. The quantitative estimate of drug-likeness (QED) is 0.769. The van der Waals surface area contributed by atoms with Gasteiger partial charge in [0.1, 0.15) is 5.75 Å². The minimum atomic E-state index is -0.0277. The standard InChI is InChI=1S/C15H22N2O2/c1-11-6-7-12(9-16-11)10-17-15(19)8-13-4-2-3-5-14(13)18/h2-5,11-12,16,18H,6-10H2,1H3,(H,17,19). The third kappa shape index (κ3) is 4.24. The van der Waals surface area contributed by atoms with E-state index in [0.29, 0.717) is 24.1 Å². The monoisotopic (exact) mass is 262 g/mol. The molecule has 1 heterocycles. The van der Waals surface area contributed by atoms with Crippen LogP contribution in [0.2, 0.25) is 0 Å². The van der Waals surface area contributed by atoms with Crippen molar-refractivity contribution >= 4 is 5.91 Å². The van der Waals surface area contributed by atoms with Crippen LogP contribution in [0.3, 0.4) is 0 Å².